The summed E-state index contributed by atoms with van der Waals surface area (Å²) in [5.41, 5.74) is 8.42. The van der Waals surface area contributed by atoms with Gasteiger partial charge in [0.25, 0.3) is 0 Å². The van der Waals surface area contributed by atoms with E-state index >= 15 is 0 Å². The van der Waals surface area contributed by atoms with Crippen LogP contribution in [0.1, 0.15) is 89.5 Å². The van der Waals surface area contributed by atoms with Crippen molar-refractivity contribution in [1.82, 2.24) is 0 Å². The highest BCUT2D eigenvalue weighted by atomic mass is 16.3. The second-order valence-electron chi connectivity index (χ2n) is 16.0. The Balaban J connectivity index is 1.89. The SMILES string of the molecule is CC1=C(/C=C/C(C)=C/C=C/C(C)=C/C=C/C(C)=C/C=C/C=C(C)/C=C/C=C(C)/C=C/C=C(C)/C=C/C2=C(C)C(=O)[C@@H](O)[C@H](O)C2(C)C)C(C)(C)C[C@H](O)C1=O. The van der Waals surface area contributed by atoms with Crippen LogP contribution in [-0.4, -0.2) is 45.2 Å². The highest BCUT2D eigenvalue weighted by Gasteiger charge is 2.45. The van der Waals surface area contributed by atoms with Crippen molar-refractivity contribution >= 4 is 11.6 Å². The molecule has 0 saturated carbocycles. The number of hydrogen-bond donors (Lipinski definition) is 3. The van der Waals surface area contributed by atoms with Crippen LogP contribution in [0.5, 0.6) is 0 Å². The maximum Gasteiger partial charge on any atom is 0.189 e. The number of ketones is 2. The van der Waals surface area contributed by atoms with Crippen molar-refractivity contribution in [2.45, 2.75) is 108 Å². The summed E-state index contributed by atoms with van der Waals surface area (Å²) in [6.07, 6.45) is 37.5. The van der Waals surface area contributed by atoms with Crippen molar-refractivity contribution in [3.8, 4) is 0 Å². The Labute approximate surface area is 331 Å². The summed E-state index contributed by atoms with van der Waals surface area (Å²) < 4.78 is 0. The van der Waals surface area contributed by atoms with Gasteiger partial charge in [-0.1, -0.05) is 183 Å². The predicted octanol–water partition coefficient (Wildman–Crippen LogP) is 10.9. The van der Waals surface area contributed by atoms with Gasteiger partial charge < -0.3 is 15.3 Å². The molecular formula is C50H64O5. The molecule has 5 nitrogen and oxygen atoms in total. The fraction of sp³-hybridized carbons (Fsp3) is 0.360. The van der Waals surface area contributed by atoms with E-state index in [0.29, 0.717) is 17.6 Å². The first-order valence-electron chi connectivity index (χ1n) is 19.0. The second-order valence-corrected chi connectivity index (χ2v) is 16.0. The third-order valence-electron chi connectivity index (χ3n) is 10.0. The van der Waals surface area contributed by atoms with Crippen molar-refractivity contribution in [3.63, 3.8) is 0 Å². The van der Waals surface area contributed by atoms with E-state index in [2.05, 4.69) is 77.2 Å². The van der Waals surface area contributed by atoms with E-state index < -0.39 is 29.5 Å². The Bertz CT molecular complexity index is 1910. The van der Waals surface area contributed by atoms with Crippen LogP contribution in [0, 0.1) is 10.8 Å². The molecule has 0 aromatic rings. The Morgan fingerprint density at radius 3 is 1.24 bits per heavy atom. The first-order valence-corrected chi connectivity index (χ1v) is 19.0. The van der Waals surface area contributed by atoms with Gasteiger partial charge in [0.15, 0.2) is 11.6 Å². The van der Waals surface area contributed by atoms with E-state index in [1.165, 1.54) is 0 Å². The summed E-state index contributed by atoms with van der Waals surface area (Å²) in [6, 6.07) is 0. The van der Waals surface area contributed by atoms with Gasteiger partial charge in [-0.25, -0.2) is 0 Å². The van der Waals surface area contributed by atoms with Gasteiger partial charge >= 0.3 is 0 Å². The number of Topliss-reactive ketones (excluding diaryl/α,β-unsaturated/α-hetero) is 2. The number of carbonyl (C=O) groups excluding carboxylic acids is 2. The molecule has 0 bridgehead atoms. The number of aliphatic hydroxyl groups is 3. The molecule has 0 heterocycles. The van der Waals surface area contributed by atoms with Crippen LogP contribution >= 0.6 is 0 Å². The van der Waals surface area contributed by atoms with Gasteiger partial charge in [-0.15, -0.1) is 0 Å². The predicted molar refractivity (Wildman–Crippen MR) is 232 cm³/mol. The van der Waals surface area contributed by atoms with E-state index in [1.807, 2.05) is 114 Å². The Morgan fingerprint density at radius 2 is 0.836 bits per heavy atom. The average Bonchev–Trinajstić information content (AvgIpc) is 3.10. The van der Waals surface area contributed by atoms with Gasteiger partial charge in [-0.05, 0) is 89.5 Å². The molecule has 0 radical (unpaired) electrons. The summed E-state index contributed by atoms with van der Waals surface area (Å²) in [6.45, 7) is 23.5. The number of allylic oxidation sites excluding steroid dienone is 27. The second kappa shape index (κ2) is 21.4. The van der Waals surface area contributed by atoms with Crippen LogP contribution in [0.25, 0.3) is 0 Å². The van der Waals surface area contributed by atoms with Gasteiger partial charge in [0.2, 0.25) is 0 Å². The van der Waals surface area contributed by atoms with Crippen molar-refractivity contribution in [2.75, 3.05) is 0 Å². The van der Waals surface area contributed by atoms with Gasteiger partial charge in [0.05, 0.1) is 6.10 Å². The highest BCUT2D eigenvalue weighted by molar-refractivity contribution is 6.01. The minimum absolute atomic E-state index is 0.176. The fourth-order valence-electron chi connectivity index (χ4n) is 6.39. The topological polar surface area (TPSA) is 94.8 Å². The quantitative estimate of drug-likeness (QED) is 0.154. The number of carbonyl (C=O) groups is 2. The summed E-state index contributed by atoms with van der Waals surface area (Å²) in [4.78, 5) is 24.6. The van der Waals surface area contributed by atoms with Crippen LogP contribution in [-0.2, 0) is 9.59 Å². The maximum atomic E-state index is 12.3. The Kier molecular flexibility index (Phi) is 18.1. The molecule has 0 fully saturated rings. The van der Waals surface area contributed by atoms with Gasteiger partial charge in [0.1, 0.15) is 12.2 Å². The van der Waals surface area contributed by atoms with Crippen LogP contribution < -0.4 is 0 Å². The summed E-state index contributed by atoms with van der Waals surface area (Å²) in [5, 5.41) is 30.6. The molecule has 294 valence electrons. The largest absolute Gasteiger partial charge is 0.389 e. The van der Waals surface area contributed by atoms with Gasteiger partial charge in [-0.3, -0.25) is 9.59 Å². The fourth-order valence-corrected chi connectivity index (χ4v) is 6.39. The molecule has 2 aliphatic rings. The maximum absolute atomic E-state index is 12.3. The number of hydrogen-bond acceptors (Lipinski definition) is 5. The zero-order chi connectivity index (χ0) is 41.5. The van der Waals surface area contributed by atoms with E-state index in [4.69, 9.17) is 0 Å². The van der Waals surface area contributed by atoms with E-state index in [1.54, 1.807) is 13.8 Å². The van der Waals surface area contributed by atoms with Crippen molar-refractivity contribution in [2.24, 2.45) is 10.8 Å². The zero-order valence-electron chi connectivity index (χ0n) is 35.1. The molecule has 0 aromatic carbocycles. The normalized spacial score (nSPS) is 24.4. The van der Waals surface area contributed by atoms with Crippen LogP contribution in [0.2, 0.25) is 0 Å². The monoisotopic (exact) mass is 744 g/mol. The minimum atomic E-state index is -1.38. The smallest absolute Gasteiger partial charge is 0.189 e. The molecule has 0 aliphatic heterocycles. The first-order chi connectivity index (χ1) is 25.7. The standard InChI is InChI=1S/C50H64O5/c1-34(21-15-23-36(3)25-17-27-38(5)29-31-42-40(7)45(52)44(51)33-49(42,9)10)19-13-14-20-35(2)22-16-24-37(4)26-18-28-39(6)30-32-43-41(8)46(53)47(54)48(55)50(43,11)12/h13-32,44,47-48,51,54-55H,33H2,1-12H3/b14-13+,21-15+,22-16+,25-17+,26-18+,31-29+,32-30+,34-19+,35-20+,36-23+,37-24+,38-27+,39-28+/t44-,47+,48-/m0/s1. The average molecular weight is 745 g/mol. The Hall–Kier alpha value is -4.68. The molecule has 0 spiro atoms. The van der Waals surface area contributed by atoms with E-state index in [0.717, 1.165) is 44.6 Å². The van der Waals surface area contributed by atoms with Gasteiger partial charge in [-0.2, -0.15) is 0 Å². The van der Waals surface area contributed by atoms with Crippen LogP contribution in [0.15, 0.2) is 177 Å². The summed E-state index contributed by atoms with van der Waals surface area (Å²) in [5.74, 6) is -0.601. The molecule has 0 aromatic heterocycles. The molecule has 55 heavy (non-hydrogen) atoms. The summed E-state index contributed by atoms with van der Waals surface area (Å²) in [7, 11) is 0. The molecule has 0 saturated heterocycles. The lowest BCUT2D eigenvalue weighted by Crippen LogP contribution is -2.49. The molecule has 3 atom stereocenters. The minimum Gasteiger partial charge on any atom is -0.389 e. The Morgan fingerprint density at radius 1 is 0.509 bits per heavy atom. The third kappa shape index (κ3) is 14.5. The molecule has 3 N–H and O–H groups in total. The van der Waals surface area contributed by atoms with Crippen molar-refractivity contribution in [3.05, 3.63) is 177 Å². The highest BCUT2D eigenvalue weighted by Crippen LogP contribution is 2.41. The molecule has 0 amide bonds. The van der Waals surface area contributed by atoms with Crippen LogP contribution in [0.4, 0.5) is 0 Å². The van der Waals surface area contributed by atoms with E-state index in [9.17, 15) is 24.9 Å². The molecule has 2 aliphatic carbocycles. The van der Waals surface area contributed by atoms with Crippen molar-refractivity contribution < 1.29 is 24.9 Å². The number of aliphatic hydroxyl groups excluding tert-OH is 3. The lowest BCUT2D eigenvalue weighted by atomic mass is 9.69. The zero-order valence-corrected chi connectivity index (χ0v) is 35.1. The molecule has 0 unspecified atom stereocenters. The third-order valence-corrected chi connectivity index (χ3v) is 10.0. The molecular weight excluding hydrogens is 681 g/mol. The first kappa shape index (κ1) is 46.5. The van der Waals surface area contributed by atoms with Crippen molar-refractivity contribution in [1.29, 1.82) is 0 Å². The lowest BCUT2D eigenvalue weighted by molar-refractivity contribution is -0.135. The molecule has 2 rings (SSSR count). The van der Waals surface area contributed by atoms with Gasteiger partial charge in [0, 0.05) is 5.41 Å². The number of rotatable bonds is 14. The van der Waals surface area contributed by atoms with Crippen LogP contribution in [0.3, 0.4) is 0 Å². The molecule has 5 heteroatoms. The van der Waals surface area contributed by atoms with E-state index in [-0.39, 0.29) is 11.2 Å². The lowest BCUT2D eigenvalue weighted by Gasteiger charge is -2.39. The summed E-state index contributed by atoms with van der Waals surface area (Å²) >= 11 is 0.